The van der Waals surface area contributed by atoms with E-state index in [0.717, 1.165) is 35.3 Å². The fourth-order valence-corrected chi connectivity index (χ4v) is 4.66. The topological polar surface area (TPSA) is 40.9 Å². The minimum atomic E-state index is 0.228. The first-order valence-corrected chi connectivity index (χ1v) is 10.3. The molecule has 4 heterocycles. The van der Waals surface area contributed by atoms with Crippen molar-refractivity contribution in [1.29, 1.82) is 0 Å². The van der Waals surface area contributed by atoms with E-state index in [1.165, 1.54) is 18.5 Å². The maximum Gasteiger partial charge on any atom is 0.233 e. The zero-order valence-electron chi connectivity index (χ0n) is 17.7. The van der Waals surface area contributed by atoms with Gasteiger partial charge in [-0.2, -0.15) is 0 Å². The van der Waals surface area contributed by atoms with Gasteiger partial charge in [-0.1, -0.05) is 0 Å². The molecule has 0 bridgehead atoms. The van der Waals surface area contributed by atoms with Crippen LogP contribution in [0.3, 0.4) is 0 Å². The van der Waals surface area contributed by atoms with E-state index in [2.05, 4.69) is 58.8 Å². The summed E-state index contributed by atoms with van der Waals surface area (Å²) in [6.07, 6.45) is 10.3. The molecule has 1 unspecified atom stereocenters. The molecule has 5 nitrogen and oxygen atoms in total. The second-order valence-electron chi connectivity index (χ2n) is 8.34. The summed E-state index contributed by atoms with van der Waals surface area (Å²) in [4.78, 5) is 20.7. The van der Waals surface area contributed by atoms with Crippen molar-refractivity contribution in [3.63, 3.8) is 0 Å². The Kier molecular flexibility index (Phi) is 5.52. The Hall–Kier alpha value is -2.50. The lowest BCUT2D eigenvalue weighted by Crippen LogP contribution is -2.43. The number of carbonyl (C=O) groups excluding carboxylic acids is 1. The van der Waals surface area contributed by atoms with Crippen LogP contribution in [0, 0.1) is 6.92 Å². The fraction of sp³-hybridized carbons (Fsp3) is 0.417. The third-order valence-electron chi connectivity index (χ3n) is 6.49. The molecule has 0 saturated carbocycles. The molecule has 0 aliphatic carbocycles. The molecule has 1 aliphatic rings. The number of aromatic nitrogens is 2. The molecule has 3 aromatic heterocycles. The van der Waals surface area contributed by atoms with Crippen LogP contribution < -0.4 is 0 Å². The van der Waals surface area contributed by atoms with E-state index in [1.54, 1.807) is 0 Å². The normalized spacial score (nSPS) is 17.1. The van der Waals surface area contributed by atoms with Gasteiger partial charge in [0.1, 0.15) is 0 Å². The Morgan fingerprint density at radius 3 is 2.45 bits per heavy atom. The summed E-state index contributed by atoms with van der Waals surface area (Å²) in [5.74, 6) is 0. The highest BCUT2D eigenvalue weighted by Gasteiger charge is 2.27. The van der Waals surface area contributed by atoms with Crippen LogP contribution in [0.4, 0.5) is 0 Å². The van der Waals surface area contributed by atoms with Crippen LogP contribution in [0.15, 0.2) is 42.9 Å². The van der Waals surface area contributed by atoms with E-state index in [4.69, 9.17) is 0 Å². The van der Waals surface area contributed by atoms with Gasteiger partial charge >= 0.3 is 0 Å². The summed E-state index contributed by atoms with van der Waals surface area (Å²) in [6.45, 7) is 6.44. The summed E-state index contributed by atoms with van der Waals surface area (Å²) in [5, 5.41) is 0. The zero-order chi connectivity index (χ0) is 20.5. The molecule has 29 heavy (non-hydrogen) atoms. The average Bonchev–Trinajstić information content (AvgIpc) is 3.17. The van der Waals surface area contributed by atoms with Crippen molar-refractivity contribution in [2.45, 2.75) is 38.8 Å². The minimum absolute atomic E-state index is 0.228. The van der Waals surface area contributed by atoms with Crippen molar-refractivity contribution in [2.75, 3.05) is 27.2 Å². The van der Waals surface area contributed by atoms with Crippen molar-refractivity contribution in [2.24, 2.45) is 0 Å². The quantitative estimate of drug-likeness (QED) is 0.665. The Morgan fingerprint density at radius 1 is 1.14 bits per heavy atom. The van der Waals surface area contributed by atoms with Crippen LogP contribution in [-0.2, 0) is 4.79 Å². The summed E-state index contributed by atoms with van der Waals surface area (Å²) in [5.41, 5.74) is 6.15. The van der Waals surface area contributed by atoms with E-state index in [9.17, 15) is 4.79 Å². The molecular weight excluding hydrogens is 360 g/mol. The Morgan fingerprint density at radius 2 is 1.83 bits per heavy atom. The van der Waals surface area contributed by atoms with Gasteiger partial charge < -0.3 is 9.30 Å². The van der Waals surface area contributed by atoms with E-state index < -0.39 is 0 Å². The Bertz CT molecular complexity index is 1000. The smallest absolute Gasteiger partial charge is 0.233 e. The number of pyridine rings is 2. The number of likely N-dealkylation sites (tertiary alicyclic amines) is 1. The van der Waals surface area contributed by atoms with Gasteiger partial charge in [-0.3, -0.25) is 14.7 Å². The number of piperidine rings is 1. The molecule has 0 aromatic carbocycles. The third kappa shape index (κ3) is 3.72. The molecule has 1 saturated heterocycles. The highest BCUT2D eigenvalue weighted by atomic mass is 16.1. The van der Waals surface area contributed by atoms with Gasteiger partial charge in [-0.15, -0.1) is 0 Å². The zero-order valence-corrected chi connectivity index (χ0v) is 17.7. The van der Waals surface area contributed by atoms with Crippen LogP contribution in [0.5, 0.6) is 0 Å². The van der Waals surface area contributed by atoms with E-state index in [0.29, 0.717) is 11.6 Å². The van der Waals surface area contributed by atoms with Gasteiger partial charge in [0.25, 0.3) is 0 Å². The lowest BCUT2D eigenvalue weighted by atomic mass is 9.98. The average molecular weight is 390 g/mol. The largest absolute Gasteiger partial charge is 0.318 e. The highest BCUT2D eigenvalue weighted by molar-refractivity contribution is 5.82. The number of fused-ring (bicyclic) bond motifs is 1. The second kappa shape index (κ2) is 8.09. The van der Waals surface area contributed by atoms with Crippen molar-refractivity contribution < 1.29 is 4.79 Å². The summed E-state index contributed by atoms with van der Waals surface area (Å²) in [7, 11) is 4.34. The van der Waals surface area contributed by atoms with E-state index >= 15 is 0 Å². The summed E-state index contributed by atoms with van der Waals surface area (Å²) in [6, 6.07) is 9.00. The molecule has 1 atom stereocenters. The van der Waals surface area contributed by atoms with Crippen molar-refractivity contribution in [3.8, 4) is 11.1 Å². The minimum Gasteiger partial charge on any atom is -0.318 e. The second-order valence-corrected chi connectivity index (χ2v) is 8.34. The van der Waals surface area contributed by atoms with E-state index in [1.807, 2.05) is 37.5 Å². The maximum atomic E-state index is 11.7. The summed E-state index contributed by atoms with van der Waals surface area (Å²) >= 11 is 0. The Balaban J connectivity index is 1.75. The number of hydrogen-bond acceptors (Lipinski definition) is 4. The van der Waals surface area contributed by atoms with Gasteiger partial charge in [-0.25, -0.2) is 0 Å². The van der Waals surface area contributed by atoms with Gasteiger partial charge in [0.15, 0.2) is 0 Å². The predicted molar refractivity (Wildman–Crippen MR) is 117 cm³/mol. The van der Waals surface area contributed by atoms with Crippen LogP contribution in [0.25, 0.3) is 16.6 Å². The molecule has 5 heteroatoms. The number of rotatable bonds is 5. The van der Waals surface area contributed by atoms with Crippen molar-refractivity contribution in [1.82, 2.24) is 19.2 Å². The molecule has 1 fully saturated rings. The Labute approximate surface area is 173 Å². The molecule has 0 spiro atoms. The molecule has 0 amide bonds. The first-order valence-electron chi connectivity index (χ1n) is 10.3. The van der Waals surface area contributed by atoms with Gasteiger partial charge in [0.05, 0.1) is 0 Å². The van der Waals surface area contributed by atoms with E-state index in [-0.39, 0.29) is 6.04 Å². The van der Waals surface area contributed by atoms with Crippen molar-refractivity contribution in [3.05, 3.63) is 59.7 Å². The first-order chi connectivity index (χ1) is 14.0. The van der Waals surface area contributed by atoms with Crippen LogP contribution in [0.2, 0.25) is 0 Å². The molecule has 0 N–H and O–H groups in total. The van der Waals surface area contributed by atoms with Gasteiger partial charge in [0, 0.05) is 66.1 Å². The fourth-order valence-electron chi connectivity index (χ4n) is 4.66. The predicted octanol–water partition coefficient (Wildman–Crippen LogP) is 3.85. The maximum absolute atomic E-state index is 11.7. The lowest BCUT2D eigenvalue weighted by Gasteiger charge is -2.39. The van der Waals surface area contributed by atoms with Gasteiger partial charge in [-0.05, 0) is 76.2 Å². The number of nitrogens with zero attached hydrogens (tertiary/aromatic N) is 4. The molecule has 151 valence electrons. The molecule has 1 radical (unpaired) electrons. The molecule has 4 rings (SSSR count). The van der Waals surface area contributed by atoms with Crippen LogP contribution in [-0.4, -0.2) is 58.7 Å². The third-order valence-corrected chi connectivity index (χ3v) is 6.49. The van der Waals surface area contributed by atoms with Crippen molar-refractivity contribution >= 4 is 11.8 Å². The molecule has 3 aromatic rings. The number of hydrogen-bond donors (Lipinski definition) is 0. The lowest BCUT2D eigenvalue weighted by molar-refractivity contribution is 0.112. The highest BCUT2D eigenvalue weighted by Crippen LogP contribution is 2.32. The monoisotopic (exact) mass is 389 g/mol. The van der Waals surface area contributed by atoms with Crippen LogP contribution >= 0.6 is 0 Å². The van der Waals surface area contributed by atoms with Crippen LogP contribution in [0.1, 0.15) is 42.6 Å². The standard InChI is InChI=1S/C24H29N4O/c1-17-21(16-29)14-23-13-20(19-5-9-25-10-6-19)15-28(23)24(17)18(2)27-11-7-22(8-12-27)26(3)4/h5-6,9-10,13-15,18,22H,7-8,11-12H2,1-4H3. The first kappa shape index (κ1) is 19.8. The molecule has 1 aliphatic heterocycles. The van der Waals surface area contributed by atoms with Gasteiger partial charge in [0.2, 0.25) is 6.29 Å². The summed E-state index contributed by atoms with van der Waals surface area (Å²) < 4.78 is 2.26. The SMILES string of the molecule is Cc1c([C]=O)cc2cc(-c3ccncc3)cn2c1C(C)N1CCC(N(C)C)CC1. The molecular formula is C24H29N4O.